The SMILES string of the molecule is CC(C)(C)OC(=O)CCCCC[C@H](NC(=O)OCc1ccccc1)C(=O)Nc1cccc2cccnc12. The second kappa shape index (κ2) is 13.4. The van der Waals surface area contributed by atoms with Crippen molar-refractivity contribution < 1.29 is 23.9 Å². The number of hydrogen-bond acceptors (Lipinski definition) is 6. The van der Waals surface area contributed by atoms with Crippen LogP contribution in [0.2, 0.25) is 0 Å². The number of benzene rings is 2. The van der Waals surface area contributed by atoms with E-state index in [0.29, 0.717) is 43.3 Å². The van der Waals surface area contributed by atoms with E-state index in [-0.39, 0.29) is 18.5 Å². The third-order valence-electron chi connectivity index (χ3n) is 5.51. The number of pyridine rings is 1. The molecular formula is C29H35N3O5. The monoisotopic (exact) mass is 505 g/mol. The highest BCUT2D eigenvalue weighted by Crippen LogP contribution is 2.21. The van der Waals surface area contributed by atoms with Crippen LogP contribution in [0.15, 0.2) is 66.9 Å². The fourth-order valence-corrected chi connectivity index (χ4v) is 3.79. The van der Waals surface area contributed by atoms with Crippen molar-refractivity contribution >= 4 is 34.6 Å². The normalized spacial score (nSPS) is 12.0. The minimum absolute atomic E-state index is 0.101. The van der Waals surface area contributed by atoms with Gasteiger partial charge < -0.3 is 20.1 Å². The van der Waals surface area contributed by atoms with E-state index in [1.54, 1.807) is 12.3 Å². The molecule has 3 rings (SSSR count). The second-order valence-electron chi connectivity index (χ2n) is 9.81. The lowest BCUT2D eigenvalue weighted by molar-refractivity contribution is -0.154. The Morgan fingerprint density at radius 2 is 1.68 bits per heavy atom. The van der Waals surface area contributed by atoms with Crippen molar-refractivity contribution in [1.82, 2.24) is 10.3 Å². The van der Waals surface area contributed by atoms with Gasteiger partial charge >= 0.3 is 12.1 Å². The molecule has 0 bridgehead atoms. The molecule has 2 N–H and O–H groups in total. The standard InChI is InChI=1S/C29H35N3O5/c1-29(2,3)37-25(33)18-9-5-8-16-24(32-28(35)36-20-21-12-6-4-7-13-21)27(34)31-23-17-10-14-22-15-11-19-30-26(22)23/h4,6-7,10-15,17,19,24H,5,8-9,16,18,20H2,1-3H3,(H,31,34)(H,32,35)/t24-/m0/s1. The van der Waals surface area contributed by atoms with Crippen LogP contribution in [0.4, 0.5) is 10.5 Å². The third kappa shape index (κ3) is 9.56. The second-order valence-corrected chi connectivity index (χ2v) is 9.81. The maximum Gasteiger partial charge on any atom is 0.408 e. The molecule has 3 aromatic rings. The Labute approximate surface area is 217 Å². The van der Waals surface area contributed by atoms with Crippen molar-refractivity contribution in [2.45, 2.75) is 71.1 Å². The lowest BCUT2D eigenvalue weighted by atomic mass is 10.1. The Morgan fingerprint density at radius 3 is 2.43 bits per heavy atom. The average molecular weight is 506 g/mol. The first kappa shape index (κ1) is 27.6. The summed E-state index contributed by atoms with van der Waals surface area (Å²) in [6.45, 7) is 5.61. The van der Waals surface area contributed by atoms with Gasteiger partial charge in [0.25, 0.3) is 0 Å². The maximum atomic E-state index is 13.2. The van der Waals surface area contributed by atoms with Gasteiger partial charge in [-0.1, -0.05) is 61.4 Å². The van der Waals surface area contributed by atoms with Gasteiger partial charge in [0.15, 0.2) is 0 Å². The number of carbonyl (C=O) groups excluding carboxylic acids is 3. The highest BCUT2D eigenvalue weighted by molar-refractivity contribution is 6.03. The van der Waals surface area contributed by atoms with Gasteiger partial charge in [-0.3, -0.25) is 14.6 Å². The van der Waals surface area contributed by atoms with Crippen LogP contribution in [0.3, 0.4) is 0 Å². The molecule has 0 unspecified atom stereocenters. The van der Waals surface area contributed by atoms with Gasteiger partial charge in [-0.25, -0.2) is 4.79 Å². The van der Waals surface area contributed by atoms with Crippen molar-refractivity contribution in [1.29, 1.82) is 0 Å². The van der Waals surface area contributed by atoms with Gasteiger partial charge in [-0.2, -0.15) is 0 Å². The van der Waals surface area contributed by atoms with E-state index in [0.717, 1.165) is 10.9 Å². The largest absolute Gasteiger partial charge is 0.460 e. The lowest BCUT2D eigenvalue weighted by Gasteiger charge is -2.20. The summed E-state index contributed by atoms with van der Waals surface area (Å²) >= 11 is 0. The van der Waals surface area contributed by atoms with E-state index in [2.05, 4.69) is 15.6 Å². The van der Waals surface area contributed by atoms with Crippen molar-refractivity contribution in [2.24, 2.45) is 0 Å². The molecular weight excluding hydrogens is 470 g/mol. The van der Waals surface area contributed by atoms with Gasteiger partial charge in [-0.15, -0.1) is 0 Å². The number of fused-ring (bicyclic) bond motifs is 1. The van der Waals surface area contributed by atoms with Crippen LogP contribution in [0.5, 0.6) is 0 Å². The zero-order valence-electron chi connectivity index (χ0n) is 21.7. The van der Waals surface area contributed by atoms with Gasteiger partial charge in [0.2, 0.25) is 5.91 Å². The van der Waals surface area contributed by atoms with Crippen molar-refractivity contribution in [2.75, 3.05) is 5.32 Å². The first-order chi connectivity index (χ1) is 17.7. The van der Waals surface area contributed by atoms with Crippen molar-refractivity contribution in [3.05, 3.63) is 72.4 Å². The quantitative estimate of drug-likeness (QED) is 0.253. The van der Waals surface area contributed by atoms with Gasteiger partial charge in [0.1, 0.15) is 18.2 Å². The summed E-state index contributed by atoms with van der Waals surface area (Å²) in [5.74, 6) is -0.602. The molecule has 0 aliphatic rings. The molecule has 8 nitrogen and oxygen atoms in total. The van der Waals surface area contributed by atoms with Crippen molar-refractivity contribution in [3.8, 4) is 0 Å². The molecule has 196 valence electrons. The first-order valence-corrected chi connectivity index (χ1v) is 12.5. The molecule has 0 aliphatic carbocycles. The number of nitrogens with zero attached hydrogens (tertiary/aromatic N) is 1. The molecule has 8 heteroatoms. The van der Waals surface area contributed by atoms with E-state index in [1.165, 1.54) is 0 Å². The molecule has 2 amide bonds. The predicted octanol–water partition coefficient (Wildman–Crippen LogP) is 5.76. The number of esters is 1. The summed E-state index contributed by atoms with van der Waals surface area (Å²) < 4.78 is 10.7. The van der Waals surface area contributed by atoms with Crippen LogP contribution in [0.25, 0.3) is 10.9 Å². The number of unbranched alkanes of at least 4 members (excludes halogenated alkanes) is 2. The van der Waals surface area contributed by atoms with Gasteiger partial charge in [0, 0.05) is 18.0 Å². The number of amides is 2. The number of nitrogens with one attached hydrogen (secondary N) is 2. The van der Waals surface area contributed by atoms with Crippen molar-refractivity contribution in [3.63, 3.8) is 0 Å². The number of carbonyl (C=O) groups is 3. The number of aromatic nitrogens is 1. The minimum Gasteiger partial charge on any atom is -0.460 e. The molecule has 0 radical (unpaired) electrons. The number of alkyl carbamates (subject to hydrolysis) is 1. The minimum atomic E-state index is -0.816. The molecule has 0 fully saturated rings. The van der Waals surface area contributed by atoms with E-state index in [9.17, 15) is 14.4 Å². The molecule has 1 heterocycles. The molecule has 1 atom stereocenters. The maximum absolute atomic E-state index is 13.2. The number of anilines is 1. The zero-order valence-corrected chi connectivity index (χ0v) is 21.7. The number of ether oxygens (including phenoxy) is 2. The fraction of sp³-hybridized carbons (Fsp3) is 0.379. The first-order valence-electron chi connectivity index (χ1n) is 12.5. The molecule has 1 aromatic heterocycles. The predicted molar refractivity (Wildman–Crippen MR) is 143 cm³/mol. The Kier molecular flexibility index (Phi) is 10.0. The lowest BCUT2D eigenvalue weighted by Crippen LogP contribution is -2.44. The molecule has 0 saturated heterocycles. The number of hydrogen-bond donors (Lipinski definition) is 2. The summed E-state index contributed by atoms with van der Waals surface area (Å²) in [5, 5.41) is 6.50. The molecule has 0 spiro atoms. The van der Waals surface area contributed by atoms with E-state index in [4.69, 9.17) is 9.47 Å². The van der Waals surface area contributed by atoms with Crippen LogP contribution < -0.4 is 10.6 Å². The smallest absolute Gasteiger partial charge is 0.408 e. The topological polar surface area (TPSA) is 107 Å². The molecule has 0 aliphatic heterocycles. The van der Waals surface area contributed by atoms with Crippen LogP contribution in [-0.4, -0.2) is 34.6 Å². The van der Waals surface area contributed by atoms with E-state index < -0.39 is 17.7 Å². The van der Waals surface area contributed by atoms with Crippen LogP contribution in [0.1, 0.15) is 58.4 Å². The molecule has 2 aromatic carbocycles. The zero-order chi connectivity index (χ0) is 26.7. The summed E-state index contributed by atoms with van der Waals surface area (Å²) in [6, 6.07) is 17.8. The summed E-state index contributed by atoms with van der Waals surface area (Å²) in [4.78, 5) is 42.0. The van der Waals surface area contributed by atoms with Gasteiger partial charge in [-0.05, 0) is 51.3 Å². The fourth-order valence-electron chi connectivity index (χ4n) is 3.79. The van der Waals surface area contributed by atoms with E-state index in [1.807, 2.05) is 75.4 Å². The summed E-state index contributed by atoms with van der Waals surface area (Å²) in [5.41, 5.74) is 1.57. The number of rotatable bonds is 11. The third-order valence-corrected chi connectivity index (χ3v) is 5.51. The Morgan fingerprint density at radius 1 is 0.919 bits per heavy atom. The summed E-state index contributed by atoms with van der Waals surface area (Å²) in [6.07, 6.45) is 3.66. The highest BCUT2D eigenvalue weighted by atomic mass is 16.6. The number of para-hydroxylation sites is 1. The van der Waals surface area contributed by atoms with Crippen LogP contribution >= 0.6 is 0 Å². The summed E-state index contributed by atoms with van der Waals surface area (Å²) in [7, 11) is 0. The van der Waals surface area contributed by atoms with Crippen LogP contribution in [-0.2, 0) is 25.7 Å². The molecule has 37 heavy (non-hydrogen) atoms. The Hall–Kier alpha value is -3.94. The highest BCUT2D eigenvalue weighted by Gasteiger charge is 2.22. The molecule has 0 saturated carbocycles. The Bertz CT molecular complexity index is 1190. The van der Waals surface area contributed by atoms with Crippen LogP contribution in [0, 0.1) is 0 Å². The Balaban J connectivity index is 1.59. The van der Waals surface area contributed by atoms with E-state index >= 15 is 0 Å². The average Bonchev–Trinajstić information content (AvgIpc) is 2.86. The van der Waals surface area contributed by atoms with Gasteiger partial charge in [0.05, 0.1) is 11.2 Å².